The van der Waals surface area contributed by atoms with Gasteiger partial charge < -0.3 is 33.8 Å². The van der Waals surface area contributed by atoms with Crippen molar-refractivity contribution in [2.24, 2.45) is 5.92 Å². The summed E-state index contributed by atoms with van der Waals surface area (Å²) in [7, 11) is -9.93. The molecule has 0 fully saturated rings. The third kappa shape index (κ3) is 84.0. The van der Waals surface area contributed by atoms with Crippen molar-refractivity contribution in [3.63, 3.8) is 0 Å². The highest BCUT2D eigenvalue weighted by Gasteiger charge is 2.31. The fraction of sp³-hybridized carbons (Fsp3) is 0.956. The standard InChI is InChI=1S/C91H178O17P2/c1-6-9-12-15-18-21-24-27-29-31-33-35-37-39-41-43-46-51-56-61-66-71-76-90(95)107-86(80-102-89(94)75-70-65-60-55-50-45-42-40-38-36-34-32-30-28-25-22-19-16-13-10-7-2)82-105-109(97,98)103-78-85(92)79-104-110(99,100)106-83-87(81-101-88(93)74-69-64-59-54-49-44-26-23-20-17-14-11-8-3)108-91(96)77-72-67-62-57-52-47-48-53-58-63-68-73-84(4)5/h84-87,92H,6-83H2,1-5H3,(H,97,98)(H,99,100)/t85-,86-,87-/m1/s1. The van der Waals surface area contributed by atoms with E-state index in [-0.39, 0.29) is 25.7 Å². The van der Waals surface area contributed by atoms with Crippen LogP contribution in [0, 0.1) is 5.92 Å². The molecule has 5 atom stereocenters. The van der Waals surface area contributed by atoms with Gasteiger partial charge in [-0.15, -0.1) is 0 Å². The summed E-state index contributed by atoms with van der Waals surface area (Å²) < 4.78 is 69.1. The molecule has 2 unspecified atom stereocenters. The monoisotopic (exact) mass is 1610 g/mol. The predicted molar refractivity (Wildman–Crippen MR) is 455 cm³/mol. The second kappa shape index (κ2) is 83.5. The van der Waals surface area contributed by atoms with Gasteiger partial charge in [-0.25, -0.2) is 9.13 Å². The predicted octanol–water partition coefficient (Wildman–Crippen LogP) is 28.3. The average Bonchev–Trinajstić information content (AvgIpc) is 0.897. The van der Waals surface area contributed by atoms with Crippen LogP contribution in [0.5, 0.6) is 0 Å². The lowest BCUT2D eigenvalue weighted by Gasteiger charge is -2.21. The summed E-state index contributed by atoms with van der Waals surface area (Å²) in [5.41, 5.74) is 0. The summed E-state index contributed by atoms with van der Waals surface area (Å²) in [6, 6.07) is 0. The molecular weight excluding hydrogens is 1430 g/mol. The number of esters is 4. The quantitative estimate of drug-likeness (QED) is 0.0222. The number of unbranched alkanes of at least 4 members (excludes halogenated alkanes) is 63. The topological polar surface area (TPSA) is 237 Å². The molecule has 0 aliphatic heterocycles. The van der Waals surface area contributed by atoms with Crippen LogP contribution < -0.4 is 0 Å². The van der Waals surface area contributed by atoms with E-state index in [1.165, 1.54) is 321 Å². The molecule has 0 radical (unpaired) electrons. The van der Waals surface area contributed by atoms with E-state index in [4.69, 9.17) is 37.0 Å². The number of hydrogen-bond acceptors (Lipinski definition) is 15. The Hall–Kier alpha value is -1.94. The van der Waals surface area contributed by atoms with Crippen molar-refractivity contribution < 1.29 is 80.2 Å². The molecule has 654 valence electrons. The highest BCUT2D eigenvalue weighted by Crippen LogP contribution is 2.45. The second-order valence-corrected chi connectivity index (χ2v) is 36.1. The summed E-state index contributed by atoms with van der Waals surface area (Å²) in [6.45, 7) is 7.39. The zero-order valence-electron chi connectivity index (χ0n) is 72.4. The van der Waals surface area contributed by atoms with E-state index in [1.807, 2.05) is 0 Å². The van der Waals surface area contributed by atoms with Gasteiger partial charge in [-0.3, -0.25) is 37.3 Å². The number of phosphoric ester groups is 2. The van der Waals surface area contributed by atoms with Gasteiger partial charge in [0.15, 0.2) is 12.2 Å². The van der Waals surface area contributed by atoms with Gasteiger partial charge in [0.05, 0.1) is 26.4 Å². The maximum Gasteiger partial charge on any atom is 0.472 e. The van der Waals surface area contributed by atoms with Gasteiger partial charge in [0.2, 0.25) is 0 Å². The molecule has 3 N–H and O–H groups in total. The van der Waals surface area contributed by atoms with Crippen LogP contribution in [0.2, 0.25) is 0 Å². The number of ether oxygens (including phenoxy) is 4. The molecule has 0 aromatic carbocycles. The Balaban J connectivity index is 5.23. The van der Waals surface area contributed by atoms with Crippen molar-refractivity contribution in [2.75, 3.05) is 39.6 Å². The molecule has 0 aromatic heterocycles. The second-order valence-electron chi connectivity index (χ2n) is 33.2. The van der Waals surface area contributed by atoms with E-state index >= 15 is 0 Å². The molecule has 0 bridgehead atoms. The first-order chi connectivity index (χ1) is 53.5. The van der Waals surface area contributed by atoms with Crippen LogP contribution in [0.25, 0.3) is 0 Å². The van der Waals surface area contributed by atoms with Crippen molar-refractivity contribution in [3.8, 4) is 0 Å². The minimum atomic E-state index is -4.97. The first-order valence-electron chi connectivity index (χ1n) is 47.1. The van der Waals surface area contributed by atoms with Gasteiger partial charge >= 0.3 is 39.5 Å². The van der Waals surface area contributed by atoms with Crippen LogP contribution >= 0.6 is 15.6 Å². The highest BCUT2D eigenvalue weighted by molar-refractivity contribution is 7.47. The number of rotatable bonds is 91. The van der Waals surface area contributed by atoms with Crippen LogP contribution in [0.1, 0.15) is 497 Å². The number of phosphoric acid groups is 2. The first kappa shape index (κ1) is 108. The van der Waals surface area contributed by atoms with Gasteiger partial charge in [0.1, 0.15) is 19.3 Å². The fourth-order valence-electron chi connectivity index (χ4n) is 14.4. The maximum absolute atomic E-state index is 13.2. The van der Waals surface area contributed by atoms with Gasteiger partial charge in [0.25, 0.3) is 0 Å². The number of aliphatic hydroxyl groups excluding tert-OH is 1. The molecule has 0 heterocycles. The zero-order valence-corrected chi connectivity index (χ0v) is 74.2. The van der Waals surface area contributed by atoms with Gasteiger partial charge in [0, 0.05) is 25.7 Å². The Morgan fingerprint density at radius 3 is 0.618 bits per heavy atom. The van der Waals surface area contributed by atoms with E-state index in [0.717, 1.165) is 95.8 Å². The minimum Gasteiger partial charge on any atom is -0.462 e. The van der Waals surface area contributed by atoms with E-state index < -0.39 is 97.5 Å². The number of carbonyl (C=O) groups is 4. The van der Waals surface area contributed by atoms with E-state index in [0.29, 0.717) is 25.7 Å². The Labute approximate surface area is 677 Å². The van der Waals surface area contributed by atoms with Crippen LogP contribution in [0.4, 0.5) is 0 Å². The summed E-state index contributed by atoms with van der Waals surface area (Å²) in [5, 5.41) is 10.7. The number of aliphatic hydroxyl groups is 1. The maximum atomic E-state index is 13.2. The van der Waals surface area contributed by atoms with Crippen molar-refractivity contribution in [1.29, 1.82) is 0 Å². The zero-order chi connectivity index (χ0) is 80.4. The molecule has 0 aliphatic carbocycles. The molecule has 0 aromatic rings. The molecule has 17 nitrogen and oxygen atoms in total. The fourth-order valence-corrected chi connectivity index (χ4v) is 15.9. The smallest absolute Gasteiger partial charge is 0.462 e. The molecule has 0 saturated carbocycles. The normalized spacial score (nSPS) is 13.7. The summed E-state index contributed by atoms with van der Waals surface area (Å²) in [5.74, 6) is -1.33. The molecule has 0 spiro atoms. The number of hydrogen-bond donors (Lipinski definition) is 3. The lowest BCUT2D eigenvalue weighted by molar-refractivity contribution is -0.161. The van der Waals surface area contributed by atoms with Crippen molar-refractivity contribution >= 4 is 39.5 Å². The van der Waals surface area contributed by atoms with Crippen LogP contribution in [0.3, 0.4) is 0 Å². The molecule has 0 amide bonds. The first-order valence-corrected chi connectivity index (χ1v) is 50.1. The van der Waals surface area contributed by atoms with Gasteiger partial charge in [-0.2, -0.15) is 0 Å². The van der Waals surface area contributed by atoms with Crippen molar-refractivity contribution in [2.45, 2.75) is 515 Å². The van der Waals surface area contributed by atoms with Gasteiger partial charge in [-0.1, -0.05) is 446 Å². The third-order valence-electron chi connectivity index (χ3n) is 21.5. The van der Waals surface area contributed by atoms with E-state index in [2.05, 4.69) is 34.6 Å². The average molecular weight is 1610 g/mol. The highest BCUT2D eigenvalue weighted by atomic mass is 31.2. The molecule has 0 aliphatic rings. The minimum absolute atomic E-state index is 0.108. The third-order valence-corrected chi connectivity index (χ3v) is 23.4. The van der Waals surface area contributed by atoms with E-state index in [9.17, 15) is 43.2 Å². The Morgan fingerprint density at radius 1 is 0.245 bits per heavy atom. The van der Waals surface area contributed by atoms with Crippen LogP contribution in [-0.2, 0) is 65.4 Å². The van der Waals surface area contributed by atoms with Crippen molar-refractivity contribution in [3.05, 3.63) is 0 Å². The summed E-state index contributed by atoms with van der Waals surface area (Å²) in [6.07, 6.45) is 79.3. The Kier molecular flexibility index (Phi) is 82.1. The van der Waals surface area contributed by atoms with Crippen LogP contribution in [0.15, 0.2) is 0 Å². The summed E-state index contributed by atoms with van der Waals surface area (Å²) in [4.78, 5) is 73.4. The molecule has 0 saturated heterocycles. The largest absolute Gasteiger partial charge is 0.472 e. The molecule has 0 rings (SSSR count). The SMILES string of the molecule is CCCCCCCCCCCCCCCCCCCCCCCCC(=O)O[C@H](COC(=O)CCCCCCCCCCCCCCCCCCCCCCC)COP(=O)(O)OC[C@@H](O)COP(=O)(O)OC[C@@H](COC(=O)CCCCCCCCCCCCCCC)OC(=O)CCCCCCCCCCCCCC(C)C. The Bertz CT molecular complexity index is 2080. The van der Waals surface area contributed by atoms with Gasteiger partial charge in [-0.05, 0) is 31.6 Å². The molecule has 110 heavy (non-hydrogen) atoms. The lowest BCUT2D eigenvalue weighted by atomic mass is 10.0. The van der Waals surface area contributed by atoms with Crippen LogP contribution in [-0.4, -0.2) is 96.7 Å². The Morgan fingerprint density at radius 2 is 0.418 bits per heavy atom. The van der Waals surface area contributed by atoms with E-state index in [1.54, 1.807) is 0 Å². The van der Waals surface area contributed by atoms with Crippen molar-refractivity contribution in [1.82, 2.24) is 0 Å². The molecule has 19 heteroatoms. The molecular formula is C91H178O17P2. The lowest BCUT2D eigenvalue weighted by Crippen LogP contribution is -2.30. The summed E-state index contributed by atoms with van der Waals surface area (Å²) >= 11 is 0. The number of carbonyl (C=O) groups excluding carboxylic acids is 4.